The molecule has 0 radical (unpaired) electrons. The first-order valence-electron chi connectivity index (χ1n) is 6.92. The predicted octanol–water partition coefficient (Wildman–Crippen LogP) is 0.160. The van der Waals surface area contributed by atoms with E-state index in [1.54, 1.807) is 18.3 Å². The van der Waals surface area contributed by atoms with Crippen molar-refractivity contribution in [2.24, 2.45) is 11.7 Å². The maximum Gasteiger partial charge on any atom is 0.242 e. The molecular formula is C13H22N4O2S. The number of hydrogen-bond donors (Lipinski definition) is 2. The average Bonchev–Trinajstić information content (AvgIpc) is 2.93. The van der Waals surface area contributed by atoms with Gasteiger partial charge in [0.1, 0.15) is 4.90 Å². The van der Waals surface area contributed by atoms with Gasteiger partial charge in [-0.1, -0.05) is 6.92 Å². The van der Waals surface area contributed by atoms with Gasteiger partial charge in [-0.25, -0.2) is 13.1 Å². The molecular weight excluding hydrogens is 276 g/mol. The highest BCUT2D eigenvalue weighted by atomic mass is 32.2. The lowest BCUT2D eigenvalue weighted by Crippen LogP contribution is -2.32. The van der Waals surface area contributed by atoms with E-state index in [0.717, 1.165) is 26.1 Å². The van der Waals surface area contributed by atoms with Crippen LogP contribution in [0.5, 0.6) is 0 Å². The molecule has 0 amide bonds. The monoisotopic (exact) mass is 298 g/mol. The molecule has 20 heavy (non-hydrogen) atoms. The van der Waals surface area contributed by atoms with Crippen molar-refractivity contribution in [1.29, 1.82) is 0 Å². The molecule has 3 N–H and O–H groups in total. The molecule has 1 aliphatic rings. The van der Waals surface area contributed by atoms with E-state index < -0.39 is 10.0 Å². The molecule has 1 saturated heterocycles. The number of hydrogen-bond acceptors (Lipinski definition) is 5. The van der Waals surface area contributed by atoms with Crippen LogP contribution in [0.25, 0.3) is 0 Å². The lowest BCUT2D eigenvalue weighted by molar-refractivity contribution is 0.342. The second-order valence-corrected chi connectivity index (χ2v) is 6.79. The van der Waals surface area contributed by atoms with Crippen LogP contribution in [0.3, 0.4) is 0 Å². The van der Waals surface area contributed by atoms with Gasteiger partial charge in [0.2, 0.25) is 10.0 Å². The minimum Gasteiger partial charge on any atom is -0.325 e. The Morgan fingerprint density at radius 2 is 2.35 bits per heavy atom. The van der Waals surface area contributed by atoms with E-state index in [-0.39, 0.29) is 11.4 Å². The summed E-state index contributed by atoms with van der Waals surface area (Å²) in [5, 5.41) is 0. The number of sulfonamides is 1. The first kappa shape index (κ1) is 15.4. The van der Waals surface area contributed by atoms with Gasteiger partial charge in [0.05, 0.1) is 5.69 Å². The number of rotatable bonds is 6. The highest BCUT2D eigenvalue weighted by molar-refractivity contribution is 7.89. The predicted molar refractivity (Wildman–Crippen MR) is 77.5 cm³/mol. The maximum absolute atomic E-state index is 12.3. The van der Waals surface area contributed by atoms with E-state index >= 15 is 0 Å². The molecule has 0 saturated carbocycles. The summed E-state index contributed by atoms with van der Waals surface area (Å²) >= 11 is 0. The van der Waals surface area contributed by atoms with Gasteiger partial charge in [0, 0.05) is 25.8 Å². The first-order chi connectivity index (χ1) is 9.56. The molecule has 1 aromatic heterocycles. The zero-order valence-corrected chi connectivity index (χ0v) is 12.6. The number of nitrogens with one attached hydrogen (secondary N) is 1. The van der Waals surface area contributed by atoms with Crippen LogP contribution in [0.1, 0.15) is 19.0 Å². The van der Waals surface area contributed by atoms with Crippen LogP contribution in [0, 0.1) is 5.92 Å². The molecule has 1 atom stereocenters. The Balaban J connectivity index is 2.01. The Hall–Kier alpha value is -1.02. The highest BCUT2D eigenvalue weighted by Crippen LogP contribution is 2.17. The van der Waals surface area contributed by atoms with Crippen molar-refractivity contribution in [2.75, 3.05) is 26.2 Å². The summed E-state index contributed by atoms with van der Waals surface area (Å²) in [6.45, 7) is 5.72. The minimum absolute atomic E-state index is 0.115. The van der Waals surface area contributed by atoms with Crippen LogP contribution < -0.4 is 10.5 Å². The summed E-state index contributed by atoms with van der Waals surface area (Å²) in [4.78, 5) is 6.53. The van der Waals surface area contributed by atoms with Gasteiger partial charge in [0.15, 0.2) is 0 Å². The minimum atomic E-state index is -3.53. The van der Waals surface area contributed by atoms with Gasteiger partial charge >= 0.3 is 0 Å². The van der Waals surface area contributed by atoms with Crippen molar-refractivity contribution in [3.63, 3.8) is 0 Å². The molecule has 1 fully saturated rings. The fourth-order valence-electron chi connectivity index (χ4n) is 2.49. The standard InChI is InChI=1S/C13H22N4O2S/c1-2-17-7-5-11(10-17)9-16-20(18,19)13-4-3-6-15-12(13)8-14/h3-4,6,11,16H,2,5,7-10,14H2,1H3. The number of pyridine rings is 1. The fourth-order valence-corrected chi connectivity index (χ4v) is 3.81. The molecule has 7 heteroatoms. The van der Waals surface area contributed by atoms with Crippen LogP contribution in [0.2, 0.25) is 0 Å². The van der Waals surface area contributed by atoms with Gasteiger partial charge in [-0.05, 0) is 37.6 Å². The van der Waals surface area contributed by atoms with Crippen LogP contribution in [-0.4, -0.2) is 44.5 Å². The van der Waals surface area contributed by atoms with Gasteiger partial charge in [0.25, 0.3) is 0 Å². The summed E-state index contributed by atoms with van der Waals surface area (Å²) in [7, 11) is -3.53. The maximum atomic E-state index is 12.3. The molecule has 6 nitrogen and oxygen atoms in total. The van der Waals surface area contributed by atoms with E-state index in [1.165, 1.54) is 0 Å². The smallest absolute Gasteiger partial charge is 0.242 e. The van der Waals surface area contributed by atoms with Crippen LogP contribution in [0.4, 0.5) is 0 Å². The lowest BCUT2D eigenvalue weighted by atomic mass is 10.1. The number of nitrogens with zero attached hydrogens (tertiary/aromatic N) is 2. The summed E-state index contributed by atoms with van der Waals surface area (Å²) in [6, 6.07) is 3.16. The summed E-state index contributed by atoms with van der Waals surface area (Å²) in [6.07, 6.45) is 2.59. The third kappa shape index (κ3) is 3.54. The molecule has 2 rings (SSSR count). The van der Waals surface area contributed by atoms with Crippen LogP contribution in [0.15, 0.2) is 23.2 Å². The third-order valence-corrected chi connectivity index (χ3v) is 5.21. The van der Waals surface area contributed by atoms with Gasteiger partial charge < -0.3 is 10.6 Å². The van der Waals surface area contributed by atoms with Crippen molar-refractivity contribution in [1.82, 2.24) is 14.6 Å². The Kier molecular flexibility index (Phi) is 5.09. The molecule has 1 aliphatic heterocycles. The number of likely N-dealkylation sites (tertiary alicyclic amines) is 1. The van der Waals surface area contributed by atoms with E-state index in [2.05, 4.69) is 21.5 Å². The molecule has 1 aromatic rings. The van der Waals surface area contributed by atoms with E-state index in [0.29, 0.717) is 18.2 Å². The summed E-state index contributed by atoms with van der Waals surface area (Å²) in [5.74, 6) is 0.378. The zero-order chi connectivity index (χ0) is 14.6. The first-order valence-corrected chi connectivity index (χ1v) is 8.41. The van der Waals surface area contributed by atoms with Crippen LogP contribution >= 0.6 is 0 Å². The topological polar surface area (TPSA) is 88.3 Å². The van der Waals surface area contributed by atoms with Crippen LogP contribution in [-0.2, 0) is 16.6 Å². The van der Waals surface area contributed by atoms with Crippen molar-refractivity contribution in [3.8, 4) is 0 Å². The molecule has 0 bridgehead atoms. The summed E-state index contributed by atoms with van der Waals surface area (Å²) < 4.78 is 27.3. The Labute approximate surface area is 120 Å². The summed E-state index contributed by atoms with van der Waals surface area (Å²) in [5.41, 5.74) is 5.94. The second kappa shape index (κ2) is 6.62. The Morgan fingerprint density at radius 3 is 3.00 bits per heavy atom. The zero-order valence-electron chi connectivity index (χ0n) is 11.7. The van der Waals surface area contributed by atoms with Crippen molar-refractivity contribution < 1.29 is 8.42 Å². The third-order valence-electron chi connectivity index (χ3n) is 3.71. The molecule has 0 aromatic carbocycles. The van der Waals surface area contributed by atoms with E-state index in [4.69, 9.17) is 5.73 Å². The van der Waals surface area contributed by atoms with Crippen molar-refractivity contribution in [3.05, 3.63) is 24.0 Å². The van der Waals surface area contributed by atoms with Gasteiger partial charge in [-0.3, -0.25) is 4.98 Å². The molecule has 1 unspecified atom stereocenters. The highest BCUT2D eigenvalue weighted by Gasteiger charge is 2.24. The second-order valence-electron chi connectivity index (χ2n) is 5.05. The van der Waals surface area contributed by atoms with E-state index in [9.17, 15) is 8.42 Å². The molecule has 0 spiro atoms. The largest absolute Gasteiger partial charge is 0.325 e. The Morgan fingerprint density at radius 1 is 1.55 bits per heavy atom. The number of nitrogens with two attached hydrogens (primary N) is 1. The van der Waals surface area contributed by atoms with Crippen molar-refractivity contribution >= 4 is 10.0 Å². The quantitative estimate of drug-likeness (QED) is 0.781. The van der Waals surface area contributed by atoms with Crippen molar-refractivity contribution in [2.45, 2.75) is 24.8 Å². The fraction of sp³-hybridized carbons (Fsp3) is 0.615. The SMILES string of the molecule is CCN1CCC(CNS(=O)(=O)c2cccnc2CN)C1. The number of aromatic nitrogens is 1. The van der Waals surface area contributed by atoms with Gasteiger partial charge in [-0.15, -0.1) is 0 Å². The van der Waals surface area contributed by atoms with Gasteiger partial charge in [-0.2, -0.15) is 0 Å². The van der Waals surface area contributed by atoms with E-state index in [1.807, 2.05) is 0 Å². The molecule has 112 valence electrons. The molecule has 2 heterocycles. The average molecular weight is 298 g/mol. The Bertz CT molecular complexity index is 547. The molecule has 0 aliphatic carbocycles. The lowest BCUT2D eigenvalue weighted by Gasteiger charge is -2.14. The normalized spacial score (nSPS) is 20.4.